The van der Waals surface area contributed by atoms with Gasteiger partial charge in [-0.15, -0.1) is 22.7 Å². The summed E-state index contributed by atoms with van der Waals surface area (Å²) in [4.78, 5) is 28.7. The summed E-state index contributed by atoms with van der Waals surface area (Å²) >= 11 is 2.68. The predicted molar refractivity (Wildman–Crippen MR) is 147 cm³/mol. The number of ether oxygens (including phenoxy) is 2. The number of esters is 1. The van der Waals surface area contributed by atoms with Crippen LogP contribution in [0.1, 0.15) is 41.0 Å². The number of thiophene rings is 2. The Morgan fingerprint density at radius 3 is 2.21 bits per heavy atom. The molecule has 1 saturated carbocycles. The Morgan fingerprint density at radius 1 is 1.03 bits per heavy atom. The number of hydrogen-bond donors (Lipinski definition) is 3. The lowest BCUT2D eigenvalue weighted by Crippen LogP contribution is -2.43. The third-order valence-corrected chi connectivity index (χ3v) is 8.81. The molecule has 38 heavy (non-hydrogen) atoms. The summed E-state index contributed by atoms with van der Waals surface area (Å²) in [6.07, 6.45) is 2.95. The first-order valence-corrected chi connectivity index (χ1v) is 14.5. The maximum atomic E-state index is 13.2. The van der Waals surface area contributed by atoms with Crippen molar-refractivity contribution in [1.29, 1.82) is 0 Å². The van der Waals surface area contributed by atoms with Crippen LogP contribution in [0.25, 0.3) is 0 Å². The summed E-state index contributed by atoms with van der Waals surface area (Å²) in [5.41, 5.74) is -0.990. The number of nitrogens with one attached hydrogen (secondary N) is 1. The normalized spacial score (nSPS) is 17.8. The molecule has 1 aliphatic carbocycles. The zero-order valence-electron chi connectivity index (χ0n) is 21.4. The van der Waals surface area contributed by atoms with Crippen molar-refractivity contribution >= 4 is 34.6 Å². The molecule has 0 saturated heterocycles. The first kappa shape index (κ1) is 28.3. The second-order valence-electron chi connectivity index (χ2n) is 9.42. The SMILES string of the molecule is CN(CCNC(=O)COc1ccc(CO)cc1)[C@H]1CC[C@H](OC(=O)C(O)(c2cccs2)c2cccs2)CC1. The van der Waals surface area contributed by atoms with Gasteiger partial charge in [-0.1, -0.05) is 24.3 Å². The lowest BCUT2D eigenvalue weighted by atomic mass is 9.91. The van der Waals surface area contributed by atoms with Crippen LogP contribution in [-0.4, -0.2) is 65.9 Å². The van der Waals surface area contributed by atoms with E-state index >= 15 is 0 Å². The third kappa shape index (κ3) is 7.00. The average molecular weight is 559 g/mol. The molecule has 3 aromatic rings. The molecule has 0 aliphatic heterocycles. The van der Waals surface area contributed by atoms with Crippen molar-refractivity contribution < 1.29 is 29.3 Å². The second kappa shape index (κ2) is 13.3. The Balaban J connectivity index is 1.18. The zero-order valence-corrected chi connectivity index (χ0v) is 23.0. The highest BCUT2D eigenvalue weighted by atomic mass is 32.1. The standard InChI is InChI=1S/C28H34N2O6S2/c1-30(15-14-29-26(32)19-35-22-10-6-20(18-31)7-11-22)21-8-12-23(13-9-21)36-27(33)28(34,24-4-2-16-37-24)25-5-3-17-38-25/h2-7,10-11,16-17,21,23,31,34H,8-9,12-15,18-19H2,1H3,(H,29,32)/t21-,23-. The maximum Gasteiger partial charge on any atom is 0.349 e. The van der Waals surface area contributed by atoms with E-state index in [0.717, 1.165) is 31.2 Å². The molecule has 204 valence electrons. The summed E-state index contributed by atoms with van der Waals surface area (Å²) in [7, 11) is 2.04. The number of amides is 1. The molecule has 0 atom stereocenters. The lowest BCUT2D eigenvalue weighted by Gasteiger charge is -2.35. The van der Waals surface area contributed by atoms with E-state index in [1.807, 2.05) is 29.9 Å². The van der Waals surface area contributed by atoms with E-state index < -0.39 is 11.6 Å². The molecular formula is C28H34N2O6S2. The van der Waals surface area contributed by atoms with Crippen LogP contribution >= 0.6 is 22.7 Å². The van der Waals surface area contributed by atoms with Crippen molar-refractivity contribution in [3.63, 3.8) is 0 Å². The molecular weight excluding hydrogens is 524 g/mol. The number of aliphatic hydroxyl groups is 2. The Morgan fingerprint density at radius 2 is 1.66 bits per heavy atom. The van der Waals surface area contributed by atoms with Crippen molar-refractivity contribution in [1.82, 2.24) is 10.2 Å². The molecule has 1 amide bonds. The van der Waals surface area contributed by atoms with Crippen molar-refractivity contribution in [3.05, 3.63) is 74.6 Å². The highest BCUT2D eigenvalue weighted by Gasteiger charge is 2.45. The summed E-state index contributed by atoms with van der Waals surface area (Å²) in [6.45, 7) is 1.10. The van der Waals surface area contributed by atoms with Gasteiger partial charge in [0.15, 0.2) is 6.61 Å². The number of nitrogens with zero attached hydrogens (tertiary/aromatic N) is 1. The van der Waals surface area contributed by atoms with E-state index in [9.17, 15) is 14.7 Å². The van der Waals surface area contributed by atoms with E-state index in [-0.39, 0.29) is 25.2 Å². The topological polar surface area (TPSA) is 108 Å². The minimum absolute atomic E-state index is 0.0321. The monoisotopic (exact) mass is 558 g/mol. The largest absolute Gasteiger partial charge is 0.484 e. The van der Waals surface area contributed by atoms with Crippen LogP contribution in [0.4, 0.5) is 0 Å². The summed E-state index contributed by atoms with van der Waals surface area (Å²) < 4.78 is 11.3. The molecule has 0 radical (unpaired) electrons. The number of benzene rings is 1. The van der Waals surface area contributed by atoms with Crippen LogP contribution in [0, 0.1) is 0 Å². The fraction of sp³-hybridized carbons (Fsp3) is 0.429. The van der Waals surface area contributed by atoms with Crippen LogP contribution in [0.3, 0.4) is 0 Å². The molecule has 1 aliphatic rings. The quantitative estimate of drug-likeness (QED) is 0.292. The van der Waals surface area contributed by atoms with Crippen LogP contribution < -0.4 is 10.1 Å². The molecule has 2 heterocycles. The first-order valence-electron chi connectivity index (χ1n) is 12.7. The van der Waals surface area contributed by atoms with Gasteiger partial charge in [0.25, 0.3) is 5.91 Å². The van der Waals surface area contributed by atoms with Gasteiger partial charge >= 0.3 is 5.97 Å². The van der Waals surface area contributed by atoms with Gasteiger partial charge in [-0.25, -0.2) is 4.79 Å². The van der Waals surface area contributed by atoms with Gasteiger partial charge in [0.05, 0.1) is 16.4 Å². The number of carbonyl (C=O) groups excluding carboxylic acids is 2. The van der Waals surface area contributed by atoms with Crippen LogP contribution in [0.5, 0.6) is 5.75 Å². The summed E-state index contributed by atoms with van der Waals surface area (Å²) in [6, 6.07) is 14.5. The number of likely N-dealkylation sites (N-methyl/N-ethyl adjacent to an activating group) is 1. The van der Waals surface area contributed by atoms with Gasteiger partial charge in [-0.3, -0.25) is 4.79 Å². The van der Waals surface area contributed by atoms with Crippen LogP contribution in [-0.2, 0) is 26.5 Å². The number of aliphatic hydroxyl groups excluding tert-OH is 1. The Bertz CT molecular complexity index is 1110. The molecule has 0 bridgehead atoms. The molecule has 0 unspecified atom stereocenters. The first-order chi connectivity index (χ1) is 18.4. The molecule has 1 aromatic carbocycles. The van der Waals surface area contributed by atoms with E-state index in [1.165, 1.54) is 22.7 Å². The Kier molecular flexibility index (Phi) is 9.92. The second-order valence-corrected chi connectivity index (χ2v) is 11.3. The highest BCUT2D eigenvalue weighted by Crippen LogP contribution is 2.38. The Labute approximate surface area is 230 Å². The molecule has 1 fully saturated rings. The third-order valence-electron chi connectivity index (χ3n) is 6.85. The lowest BCUT2D eigenvalue weighted by molar-refractivity contribution is -0.169. The van der Waals surface area contributed by atoms with Crippen molar-refractivity contribution in [3.8, 4) is 5.75 Å². The summed E-state index contributed by atoms with van der Waals surface area (Å²) in [5.74, 6) is -0.228. The van der Waals surface area contributed by atoms with Gasteiger partial charge in [-0.05, 0) is 73.3 Å². The zero-order chi connectivity index (χ0) is 27.0. The van der Waals surface area contributed by atoms with Gasteiger partial charge < -0.3 is 29.9 Å². The van der Waals surface area contributed by atoms with Crippen molar-refractivity contribution in [2.45, 2.75) is 50.0 Å². The van der Waals surface area contributed by atoms with Gasteiger partial charge in [0.2, 0.25) is 5.60 Å². The predicted octanol–water partition coefficient (Wildman–Crippen LogP) is 3.52. The van der Waals surface area contributed by atoms with Crippen LogP contribution in [0.15, 0.2) is 59.3 Å². The highest BCUT2D eigenvalue weighted by molar-refractivity contribution is 7.12. The van der Waals surface area contributed by atoms with E-state index in [1.54, 1.807) is 36.4 Å². The molecule has 3 N–H and O–H groups in total. The van der Waals surface area contributed by atoms with Crippen molar-refractivity contribution in [2.24, 2.45) is 0 Å². The fourth-order valence-corrected chi connectivity index (χ4v) is 6.29. The minimum atomic E-state index is -1.78. The molecule has 0 spiro atoms. The van der Waals surface area contributed by atoms with Gasteiger partial charge in [0, 0.05) is 19.1 Å². The number of carbonyl (C=O) groups is 2. The van der Waals surface area contributed by atoms with Crippen molar-refractivity contribution in [2.75, 3.05) is 26.7 Å². The Hall–Kier alpha value is -2.76. The molecule has 10 heteroatoms. The maximum absolute atomic E-state index is 13.2. The molecule has 2 aromatic heterocycles. The fourth-order valence-electron chi connectivity index (χ4n) is 4.58. The number of rotatable bonds is 12. The molecule has 8 nitrogen and oxygen atoms in total. The van der Waals surface area contributed by atoms with Gasteiger partial charge in [-0.2, -0.15) is 0 Å². The number of hydrogen-bond acceptors (Lipinski definition) is 9. The minimum Gasteiger partial charge on any atom is -0.484 e. The smallest absolute Gasteiger partial charge is 0.349 e. The van der Waals surface area contributed by atoms with Gasteiger partial charge in [0.1, 0.15) is 11.9 Å². The van der Waals surface area contributed by atoms with Crippen LogP contribution in [0.2, 0.25) is 0 Å². The average Bonchev–Trinajstić information content (AvgIpc) is 3.68. The van der Waals surface area contributed by atoms with E-state index in [4.69, 9.17) is 14.6 Å². The van der Waals surface area contributed by atoms with E-state index in [0.29, 0.717) is 34.6 Å². The molecule has 4 rings (SSSR count). The van der Waals surface area contributed by atoms with E-state index in [2.05, 4.69) is 10.2 Å². The summed E-state index contributed by atoms with van der Waals surface area (Å²) in [5, 5.41) is 27.1.